The van der Waals surface area contributed by atoms with Crippen molar-refractivity contribution >= 4 is 29.9 Å². The molecule has 0 saturated carbocycles. The van der Waals surface area contributed by atoms with Crippen LogP contribution in [0, 0.1) is 13.8 Å². The highest BCUT2D eigenvalue weighted by Gasteiger charge is 2.33. The third-order valence-electron chi connectivity index (χ3n) is 5.16. The molecule has 0 radical (unpaired) electrons. The number of piperazine rings is 1. The van der Waals surface area contributed by atoms with Crippen LogP contribution < -0.4 is 11.1 Å². The number of aryl methyl sites for hydroxylation is 1. The first-order valence-corrected chi connectivity index (χ1v) is 9.41. The van der Waals surface area contributed by atoms with Crippen molar-refractivity contribution in [1.29, 1.82) is 0 Å². The predicted molar refractivity (Wildman–Crippen MR) is 112 cm³/mol. The van der Waals surface area contributed by atoms with Crippen LogP contribution >= 0.6 is 12.4 Å². The standard InChI is InChI=1S/C20H32N4O2.ClH/c1-5-9-20(4,21)19(26)24-12-10-23(11-13-24)14-18(25)22-17-8-6-7-15(2)16(17)3;/h6-8H,5,9-14,21H2,1-4H3,(H,22,25);1H. The zero-order chi connectivity index (χ0) is 19.3. The Morgan fingerprint density at radius 2 is 1.81 bits per heavy atom. The van der Waals surface area contributed by atoms with Gasteiger partial charge < -0.3 is 16.0 Å². The van der Waals surface area contributed by atoms with E-state index in [0.717, 1.165) is 23.2 Å². The van der Waals surface area contributed by atoms with E-state index in [-0.39, 0.29) is 24.2 Å². The fraction of sp³-hybridized carbons (Fsp3) is 0.600. The Morgan fingerprint density at radius 3 is 2.41 bits per heavy atom. The molecule has 1 aromatic rings. The second kappa shape index (κ2) is 10.1. The van der Waals surface area contributed by atoms with Gasteiger partial charge in [0.15, 0.2) is 0 Å². The van der Waals surface area contributed by atoms with Gasteiger partial charge in [-0.25, -0.2) is 0 Å². The number of benzene rings is 1. The second-order valence-electron chi connectivity index (χ2n) is 7.53. The fourth-order valence-electron chi connectivity index (χ4n) is 3.38. The minimum Gasteiger partial charge on any atom is -0.339 e. The summed E-state index contributed by atoms with van der Waals surface area (Å²) < 4.78 is 0. The summed E-state index contributed by atoms with van der Waals surface area (Å²) >= 11 is 0. The maximum absolute atomic E-state index is 12.6. The second-order valence-corrected chi connectivity index (χ2v) is 7.53. The lowest BCUT2D eigenvalue weighted by atomic mass is 9.95. The number of nitrogens with two attached hydrogens (primary N) is 1. The van der Waals surface area contributed by atoms with Gasteiger partial charge >= 0.3 is 0 Å². The summed E-state index contributed by atoms with van der Waals surface area (Å²) in [6, 6.07) is 5.90. The first-order chi connectivity index (χ1) is 12.2. The van der Waals surface area contributed by atoms with Crippen LogP contribution in [0.2, 0.25) is 0 Å². The molecule has 1 unspecified atom stereocenters. The lowest BCUT2D eigenvalue weighted by Crippen LogP contribution is -2.58. The third-order valence-corrected chi connectivity index (χ3v) is 5.16. The number of carbonyl (C=O) groups is 2. The van der Waals surface area contributed by atoms with Crippen LogP contribution in [0.4, 0.5) is 5.69 Å². The first kappa shape index (κ1) is 23.4. The highest BCUT2D eigenvalue weighted by molar-refractivity contribution is 5.93. The Kier molecular flexibility index (Phi) is 8.72. The van der Waals surface area contributed by atoms with Crippen LogP contribution in [-0.2, 0) is 9.59 Å². The monoisotopic (exact) mass is 396 g/mol. The number of anilines is 1. The molecule has 1 fully saturated rings. The van der Waals surface area contributed by atoms with Crippen LogP contribution in [0.5, 0.6) is 0 Å². The van der Waals surface area contributed by atoms with E-state index in [9.17, 15) is 9.59 Å². The molecular formula is C20H33ClN4O2. The van der Waals surface area contributed by atoms with Gasteiger partial charge in [-0.05, 0) is 44.4 Å². The minimum absolute atomic E-state index is 0. The first-order valence-electron chi connectivity index (χ1n) is 9.41. The molecule has 1 heterocycles. The van der Waals surface area contributed by atoms with Crippen LogP contribution in [-0.4, -0.2) is 59.9 Å². The molecule has 0 spiro atoms. The summed E-state index contributed by atoms with van der Waals surface area (Å²) in [6.07, 6.45) is 1.57. The quantitative estimate of drug-likeness (QED) is 0.773. The summed E-state index contributed by atoms with van der Waals surface area (Å²) in [6.45, 7) is 10.8. The molecule has 2 amide bonds. The number of hydrogen-bond acceptors (Lipinski definition) is 4. The van der Waals surface area contributed by atoms with E-state index in [2.05, 4.69) is 10.2 Å². The molecule has 3 N–H and O–H groups in total. The molecule has 2 rings (SSSR count). The van der Waals surface area contributed by atoms with E-state index in [1.165, 1.54) is 0 Å². The molecule has 1 atom stereocenters. The third kappa shape index (κ3) is 6.19. The number of halogens is 1. The van der Waals surface area contributed by atoms with Crippen molar-refractivity contribution in [1.82, 2.24) is 9.80 Å². The highest BCUT2D eigenvalue weighted by Crippen LogP contribution is 2.18. The molecule has 1 aliphatic heterocycles. The van der Waals surface area contributed by atoms with Crippen LogP contribution in [0.25, 0.3) is 0 Å². The van der Waals surface area contributed by atoms with E-state index < -0.39 is 5.54 Å². The normalized spacial score (nSPS) is 17.0. The minimum atomic E-state index is -0.795. The Balaban J connectivity index is 0.00000364. The Morgan fingerprint density at radius 1 is 1.19 bits per heavy atom. The molecule has 0 bridgehead atoms. The summed E-state index contributed by atoms with van der Waals surface area (Å²) in [5, 5.41) is 2.99. The lowest BCUT2D eigenvalue weighted by molar-refractivity contribution is -0.138. The molecule has 1 aromatic carbocycles. The number of nitrogens with zero attached hydrogens (tertiary/aromatic N) is 2. The molecule has 1 saturated heterocycles. The van der Waals surface area contributed by atoms with Gasteiger partial charge in [0.25, 0.3) is 0 Å². The summed E-state index contributed by atoms with van der Waals surface area (Å²) in [4.78, 5) is 28.8. The number of amides is 2. The van der Waals surface area contributed by atoms with E-state index >= 15 is 0 Å². The van der Waals surface area contributed by atoms with Crippen molar-refractivity contribution < 1.29 is 9.59 Å². The van der Waals surface area contributed by atoms with Crippen molar-refractivity contribution in [3.8, 4) is 0 Å². The topological polar surface area (TPSA) is 78.7 Å². The zero-order valence-electron chi connectivity index (χ0n) is 16.9. The van der Waals surface area contributed by atoms with Gasteiger partial charge in [-0.3, -0.25) is 14.5 Å². The average molecular weight is 397 g/mol. The smallest absolute Gasteiger partial charge is 0.242 e. The molecular weight excluding hydrogens is 364 g/mol. The van der Waals surface area contributed by atoms with Crippen molar-refractivity contribution in [3.05, 3.63) is 29.3 Å². The van der Waals surface area contributed by atoms with Gasteiger partial charge in [0.1, 0.15) is 0 Å². The van der Waals surface area contributed by atoms with Crippen molar-refractivity contribution in [2.75, 3.05) is 38.0 Å². The van der Waals surface area contributed by atoms with Gasteiger partial charge in [-0.2, -0.15) is 0 Å². The van der Waals surface area contributed by atoms with Crippen molar-refractivity contribution in [3.63, 3.8) is 0 Å². The Hall–Kier alpha value is -1.63. The molecule has 1 aliphatic rings. The molecule has 152 valence electrons. The fourth-order valence-corrected chi connectivity index (χ4v) is 3.38. The van der Waals surface area contributed by atoms with Crippen LogP contribution in [0.1, 0.15) is 37.8 Å². The number of hydrogen-bond donors (Lipinski definition) is 2. The van der Waals surface area contributed by atoms with E-state index in [4.69, 9.17) is 5.73 Å². The summed E-state index contributed by atoms with van der Waals surface area (Å²) in [7, 11) is 0. The van der Waals surface area contributed by atoms with Crippen LogP contribution in [0.15, 0.2) is 18.2 Å². The lowest BCUT2D eigenvalue weighted by Gasteiger charge is -2.38. The van der Waals surface area contributed by atoms with Crippen molar-refractivity contribution in [2.24, 2.45) is 5.73 Å². The number of nitrogens with one attached hydrogen (secondary N) is 1. The van der Waals surface area contributed by atoms with E-state index in [1.54, 1.807) is 0 Å². The highest BCUT2D eigenvalue weighted by atomic mass is 35.5. The maximum atomic E-state index is 12.6. The maximum Gasteiger partial charge on any atom is 0.242 e. The molecule has 27 heavy (non-hydrogen) atoms. The van der Waals surface area contributed by atoms with Gasteiger partial charge in [0.05, 0.1) is 12.1 Å². The average Bonchev–Trinajstić information content (AvgIpc) is 2.59. The molecule has 0 aliphatic carbocycles. The zero-order valence-corrected chi connectivity index (χ0v) is 17.7. The predicted octanol–water partition coefficient (Wildman–Crippen LogP) is 2.33. The number of rotatable bonds is 6. The van der Waals surface area contributed by atoms with Gasteiger partial charge in [0.2, 0.25) is 11.8 Å². The van der Waals surface area contributed by atoms with Gasteiger partial charge in [-0.15, -0.1) is 12.4 Å². The largest absolute Gasteiger partial charge is 0.339 e. The summed E-state index contributed by atoms with van der Waals surface area (Å²) in [5.74, 6) is -0.00744. The van der Waals surface area contributed by atoms with E-state index in [0.29, 0.717) is 39.1 Å². The van der Waals surface area contributed by atoms with Gasteiger partial charge in [-0.1, -0.05) is 25.5 Å². The molecule has 7 heteroatoms. The summed E-state index contributed by atoms with van der Waals surface area (Å²) in [5.41, 5.74) is 8.48. The van der Waals surface area contributed by atoms with Gasteiger partial charge in [0, 0.05) is 31.9 Å². The molecule has 0 aromatic heterocycles. The van der Waals surface area contributed by atoms with Crippen LogP contribution in [0.3, 0.4) is 0 Å². The Bertz CT molecular complexity index is 655. The van der Waals surface area contributed by atoms with Crippen molar-refractivity contribution in [2.45, 2.75) is 46.1 Å². The number of carbonyl (C=O) groups excluding carboxylic acids is 2. The SMILES string of the molecule is CCCC(C)(N)C(=O)N1CCN(CC(=O)Nc2cccc(C)c2C)CC1.Cl. The molecule has 6 nitrogen and oxygen atoms in total. The van der Waals surface area contributed by atoms with E-state index in [1.807, 2.05) is 50.8 Å². The Labute approximate surface area is 168 Å².